The molecule has 2 N–H and O–H groups in total. The second kappa shape index (κ2) is 8.29. The Morgan fingerprint density at radius 2 is 2.00 bits per heavy atom. The fraction of sp³-hybridized carbons (Fsp3) is 0.381. The Morgan fingerprint density at radius 1 is 1.25 bits per heavy atom. The molecule has 1 aromatic carbocycles. The van der Waals surface area contributed by atoms with Gasteiger partial charge in [0.2, 0.25) is 0 Å². The molecule has 28 heavy (non-hydrogen) atoms. The molecule has 0 saturated carbocycles. The van der Waals surface area contributed by atoms with Crippen molar-refractivity contribution in [1.82, 2.24) is 19.9 Å². The Balaban J connectivity index is 1.76. The number of carbonyl (C=O) groups excluding carboxylic acids is 2. The predicted molar refractivity (Wildman–Crippen MR) is 108 cm³/mol. The van der Waals surface area contributed by atoms with Gasteiger partial charge in [-0.25, -0.2) is 9.78 Å². The summed E-state index contributed by atoms with van der Waals surface area (Å²) in [5.41, 5.74) is 4.26. The minimum Gasteiger partial charge on any atom is -0.465 e. The Labute approximate surface area is 164 Å². The van der Waals surface area contributed by atoms with Crippen molar-refractivity contribution in [2.24, 2.45) is 0 Å². The molecule has 0 atom stereocenters. The van der Waals surface area contributed by atoms with Crippen LogP contribution < -0.4 is 5.32 Å². The van der Waals surface area contributed by atoms with Gasteiger partial charge in [-0.1, -0.05) is 25.5 Å². The Hall–Kier alpha value is -3.09. The first kappa shape index (κ1) is 19.7. The number of esters is 1. The molecule has 3 rings (SSSR count). The lowest BCUT2D eigenvalue weighted by Crippen LogP contribution is -2.28. The van der Waals surface area contributed by atoms with Crippen LogP contribution in [0, 0.1) is 13.8 Å². The summed E-state index contributed by atoms with van der Waals surface area (Å²) in [6, 6.07) is 7.94. The number of aryl methyl sites for hydroxylation is 2. The molecule has 0 unspecified atom stereocenters. The van der Waals surface area contributed by atoms with E-state index in [0.29, 0.717) is 42.0 Å². The van der Waals surface area contributed by atoms with E-state index in [1.54, 1.807) is 6.92 Å². The van der Waals surface area contributed by atoms with E-state index in [9.17, 15) is 9.59 Å². The van der Waals surface area contributed by atoms with Gasteiger partial charge in [0.1, 0.15) is 11.5 Å². The summed E-state index contributed by atoms with van der Waals surface area (Å²) in [6.07, 6.45) is 1.45. The van der Waals surface area contributed by atoms with Crippen LogP contribution in [0.4, 0.5) is 0 Å². The van der Waals surface area contributed by atoms with E-state index >= 15 is 0 Å². The first-order valence-electron chi connectivity index (χ1n) is 9.47. The third-order valence-electron chi connectivity index (χ3n) is 4.87. The van der Waals surface area contributed by atoms with Gasteiger partial charge in [0, 0.05) is 18.8 Å². The number of para-hydroxylation sites is 2. The molecule has 0 spiro atoms. The molecule has 3 aromatic rings. The SMILES string of the molecule is CCCc1c(C(=O)NCCn2c(C)nc3ccccc32)[nH]c(C)c1C(=O)OC. The van der Waals surface area contributed by atoms with Crippen LogP contribution in [0.2, 0.25) is 0 Å². The van der Waals surface area contributed by atoms with Gasteiger partial charge in [0.15, 0.2) is 0 Å². The summed E-state index contributed by atoms with van der Waals surface area (Å²) in [4.78, 5) is 32.5. The van der Waals surface area contributed by atoms with Crippen LogP contribution in [-0.2, 0) is 17.7 Å². The second-order valence-electron chi connectivity index (χ2n) is 6.78. The van der Waals surface area contributed by atoms with Crippen molar-refractivity contribution in [3.8, 4) is 0 Å². The van der Waals surface area contributed by atoms with Gasteiger partial charge in [-0.2, -0.15) is 0 Å². The van der Waals surface area contributed by atoms with Crippen molar-refractivity contribution in [2.45, 2.75) is 40.2 Å². The summed E-state index contributed by atoms with van der Waals surface area (Å²) < 4.78 is 6.97. The lowest BCUT2D eigenvalue weighted by Gasteiger charge is -2.09. The molecule has 148 valence electrons. The molecule has 0 aliphatic rings. The maximum absolute atomic E-state index is 12.8. The number of amides is 1. The molecule has 0 bridgehead atoms. The van der Waals surface area contributed by atoms with E-state index in [1.807, 2.05) is 38.1 Å². The van der Waals surface area contributed by atoms with Gasteiger partial charge in [0.25, 0.3) is 5.91 Å². The van der Waals surface area contributed by atoms with E-state index < -0.39 is 5.97 Å². The number of hydrogen-bond acceptors (Lipinski definition) is 4. The molecule has 0 saturated heterocycles. The molecule has 0 fully saturated rings. The molecule has 7 heteroatoms. The number of imidazole rings is 1. The first-order chi connectivity index (χ1) is 13.5. The van der Waals surface area contributed by atoms with Gasteiger partial charge < -0.3 is 19.6 Å². The van der Waals surface area contributed by atoms with Crippen LogP contribution in [-0.4, -0.2) is 40.1 Å². The molecule has 0 radical (unpaired) electrons. The smallest absolute Gasteiger partial charge is 0.339 e. The number of aromatic amines is 1. The molecular weight excluding hydrogens is 356 g/mol. The van der Waals surface area contributed by atoms with Gasteiger partial charge in [-0.05, 0) is 38.0 Å². The molecule has 2 heterocycles. The number of carbonyl (C=O) groups is 2. The Morgan fingerprint density at radius 3 is 2.71 bits per heavy atom. The summed E-state index contributed by atoms with van der Waals surface area (Å²) >= 11 is 0. The largest absolute Gasteiger partial charge is 0.465 e. The number of rotatable bonds is 7. The number of H-pyrrole nitrogens is 1. The number of hydrogen-bond donors (Lipinski definition) is 2. The lowest BCUT2D eigenvalue weighted by molar-refractivity contribution is 0.0599. The molecule has 7 nitrogen and oxygen atoms in total. The summed E-state index contributed by atoms with van der Waals surface area (Å²) in [7, 11) is 1.35. The number of benzene rings is 1. The molecule has 0 aliphatic heterocycles. The van der Waals surface area contributed by atoms with Gasteiger partial charge >= 0.3 is 5.97 Å². The van der Waals surface area contributed by atoms with Crippen molar-refractivity contribution in [1.29, 1.82) is 0 Å². The molecule has 0 aliphatic carbocycles. The van der Waals surface area contributed by atoms with Crippen molar-refractivity contribution in [3.05, 3.63) is 52.6 Å². The number of nitrogens with one attached hydrogen (secondary N) is 2. The normalized spacial score (nSPS) is 11.0. The number of methoxy groups -OCH3 is 1. The second-order valence-corrected chi connectivity index (χ2v) is 6.78. The minimum absolute atomic E-state index is 0.219. The third-order valence-corrected chi connectivity index (χ3v) is 4.87. The fourth-order valence-electron chi connectivity index (χ4n) is 3.60. The fourth-order valence-corrected chi connectivity index (χ4v) is 3.60. The standard InChI is InChI=1S/C21H26N4O3/c1-5-8-15-18(21(27)28-4)13(2)23-19(15)20(26)22-11-12-25-14(3)24-16-9-6-7-10-17(16)25/h6-7,9-10,23H,5,8,11-12H2,1-4H3,(H,22,26). The van der Waals surface area contributed by atoms with Crippen LogP contribution in [0.15, 0.2) is 24.3 Å². The highest BCUT2D eigenvalue weighted by Crippen LogP contribution is 2.22. The van der Waals surface area contributed by atoms with Crippen molar-refractivity contribution in [3.63, 3.8) is 0 Å². The number of nitrogens with zero attached hydrogens (tertiary/aromatic N) is 2. The predicted octanol–water partition coefficient (Wildman–Crippen LogP) is 3.15. The average molecular weight is 382 g/mol. The maximum atomic E-state index is 12.8. The van der Waals surface area contributed by atoms with Crippen molar-refractivity contribution >= 4 is 22.9 Å². The average Bonchev–Trinajstić information content (AvgIpc) is 3.18. The molecule has 1 amide bonds. The highest BCUT2D eigenvalue weighted by Gasteiger charge is 2.24. The zero-order chi connectivity index (χ0) is 20.3. The van der Waals surface area contributed by atoms with E-state index in [-0.39, 0.29) is 5.91 Å². The summed E-state index contributed by atoms with van der Waals surface area (Å²) in [5.74, 6) is 0.270. The minimum atomic E-state index is -0.420. The van der Waals surface area contributed by atoms with Gasteiger partial charge in [0.05, 0.1) is 23.7 Å². The van der Waals surface area contributed by atoms with E-state index in [0.717, 1.165) is 23.3 Å². The van der Waals surface area contributed by atoms with Crippen LogP contribution in [0.3, 0.4) is 0 Å². The monoisotopic (exact) mass is 382 g/mol. The van der Waals surface area contributed by atoms with Gasteiger partial charge in [-0.3, -0.25) is 4.79 Å². The van der Waals surface area contributed by atoms with E-state index in [4.69, 9.17) is 4.74 Å². The Kier molecular flexibility index (Phi) is 5.82. The topological polar surface area (TPSA) is 89.0 Å². The number of aromatic nitrogens is 3. The highest BCUT2D eigenvalue weighted by molar-refractivity contribution is 6.00. The summed E-state index contributed by atoms with van der Waals surface area (Å²) in [6.45, 7) is 6.82. The van der Waals surface area contributed by atoms with Crippen molar-refractivity contribution in [2.75, 3.05) is 13.7 Å². The third kappa shape index (κ3) is 3.65. The highest BCUT2D eigenvalue weighted by atomic mass is 16.5. The zero-order valence-corrected chi connectivity index (χ0v) is 16.8. The van der Waals surface area contributed by atoms with Crippen LogP contribution in [0.1, 0.15) is 51.3 Å². The van der Waals surface area contributed by atoms with Gasteiger partial charge in [-0.15, -0.1) is 0 Å². The molecule has 2 aromatic heterocycles. The van der Waals surface area contributed by atoms with Crippen LogP contribution in [0.5, 0.6) is 0 Å². The van der Waals surface area contributed by atoms with E-state index in [2.05, 4.69) is 19.9 Å². The maximum Gasteiger partial charge on any atom is 0.339 e. The van der Waals surface area contributed by atoms with Crippen LogP contribution in [0.25, 0.3) is 11.0 Å². The summed E-state index contributed by atoms with van der Waals surface area (Å²) in [5, 5.41) is 2.95. The van der Waals surface area contributed by atoms with Crippen LogP contribution >= 0.6 is 0 Å². The lowest BCUT2D eigenvalue weighted by atomic mass is 10.0. The van der Waals surface area contributed by atoms with Crippen molar-refractivity contribution < 1.29 is 14.3 Å². The first-order valence-corrected chi connectivity index (χ1v) is 9.47. The van der Waals surface area contributed by atoms with E-state index in [1.165, 1.54) is 7.11 Å². The Bertz CT molecular complexity index is 1020. The number of ether oxygens (including phenoxy) is 1. The molecular formula is C21H26N4O3. The zero-order valence-electron chi connectivity index (χ0n) is 16.8. The quantitative estimate of drug-likeness (QED) is 0.615. The number of fused-ring (bicyclic) bond motifs is 1.